The van der Waals surface area contributed by atoms with Crippen LogP contribution in [-0.2, 0) is 4.84 Å². The van der Waals surface area contributed by atoms with E-state index in [2.05, 4.69) is 34.7 Å². The molecular weight excluding hydrogens is 150 g/mol. The Morgan fingerprint density at radius 1 is 1.25 bits per heavy atom. The zero-order chi connectivity index (χ0) is 9.61. The van der Waals surface area contributed by atoms with E-state index in [0.29, 0.717) is 6.10 Å². The van der Waals surface area contributed by atoms with Gasteiger partial charge in [-0.25, -0.2) is 4.84 Å². The molecule has 0 spiro atoms. The molecule has 0 aromatic carbocycles. The summed E-state index contributed by atoms with van der Waals surface area (Å²) >= 11 is 0. The number of quaternary nitrogens is 1. The molecule has 0 heterocycles. The highest BCUT2D eigenvalue weighted by atomic mass is 16.7. The lowest BCUT2D eigenvalue weighted by atomic mass is 10.3. The Hall–Kier alpha value is -0.0800. The predicted octanol–water partition coefficient (Wildman–Crippen LogP) is 2.59. The standard InChI is InChI=1S/C10H24NO/c1-6-9-11(5,8-3)12-10(4)7-2/h10H,6-9H2,1-5H3/q+1. The first-order chi connectivity index (χ1) is 5.58. The maximum atomic E-state index is 5.91. The third kappa shape index (κ3) is 4.07. The van der Waals surface area contributed by atoms with Crippen molar-refractivity contribution in [2.45, 2.75) is 46.6 Å². The van der Waals surface area contributed by atoms with Crippen molar-refractivity contribution in [2.24, 2.45) is 0 Å². The minimum absolute atomic E-state index is 0.376. The van der Waals surface area contributed by atoms with Crippen molar-refractivity contribution < 1.29 is 9.48 Å². The molecule has 0 aliphatic heterocycles. The topological polar surface area (TPSA) is 9.23 Å². The maximum absolute atomic E-state index is 5.91. The molecule has 0 saturated carbocycles. The van der Waals surface area contributed by atoms with Crippen LogP contribution in [0.4, 0.5) is 0 Å². The maximum Gasteiger partial charge on any atom is 0.114 e. The van der Waals surface area contributed by atoms with Gasteiger partial charge in [0.1, 0.15) is 19.2 Å². The first-order valence-electron chi connectivity index (χ1n) is 5.10. The van der Waals surface area contributed by atoms with Crippen LogP contribution >= 0.6 is 0 Å². The zero-order valence-corrected chi connectivity index (χ0v) is 9.26. The molecular formula is C10H24NO+. The van der Waals surface area contributed by atoms with Crippen molar-refractivity contribution in [3.05, 3.63) is 0 Å². The summed E-state index contributed by atoms with van der Waals surface area (Å²) in [4.78, 5) is 5.91. The molecule has 2 heteroatoms. The van der Waals surface area contributed by atoms with E-state index in [1.807, 2.05) is 0 Å². The van der Waals surface area contributed by atoms with Gasteiger partial charge in [0.05, 0.1) is 7.05 Å². The van der Waals surface area contributed by atoms with Crippen LogP contribution < -0.4 is 0 Å². The van der Waals surface area contributed by atoms with Crippen molar-refractivity contribution in [3.63, 3.8) is 0 Å². The summed E-state index contributed by atoms with van der Waals surface area (Å²) in [6.45, 7) is 10.8. The van der Waals surface area contributed by atoms with Gasteiger partial charge in [0.2, 0.25) is 0 Å². The molecule has 0 aromatic rings. The summed E-state index contributed by atoms with van der Waals surface area (Å²) in [5.41, 5.74) is 0. The van der Waals surface area contributed by atoms with Crippen LogP contribution in [0.5, 0.6) is 0 Å². The third-order valence-corrected chi connectivity index (χ3v) is 2.37. The fourth-order valence-corrected chi connectivity index (χ4v) is 1.27. The molecule has 2 nitrogen and oxygen atoms in total. The minimum Gasteiger partial charge on any atom is -0.200 e. The lowest BCUT2D eigenvalue weighted by Crippen LogP contribution is -2.46. The molecule has 0 amide bonds. The Bertz CT molecular complexity index is 116. The van der Waals surface area contributed by atoms with Crippen molar-refractivity contribution >= 4 is 0 Å². The van der Waals surface area contributed by atoms with Crippen LogP contribution in [0, 0.1) is 0 Å². The fraction of sp³-hybridized carbons (Fsp3) is 1.00. The lowest BCUT2D eigenvalue weighted by Gasteiger charge is -2.32. The smallest absolute Gasteiger partial charge is 0.114 e. The summed E-state index contributed by atoms with van der Waals surface area (Å²) in [6.07, 6.45) is 2.65. The molecule has 74 valence electrons. The van der Waals surface area contributed by atoms with Crippen LogP contribution in [0.2, 0.25) is 0 Å². The molecule has 0 rings (SSSR count). The normalized spacial score (nSPS) is 18.8. The fourth-order valence-electron chi connectivity index (χ4n) is 1.27. The van der Waals surface area contributed by atoms with Crippen LogP contribution in [-0.4, -0.2) is 30.9 Å². The molecule has 0 aromatic heterocycles. The first kappa shape index (κ1) is 11.9. The van der Waals surface area contributed by atoms with Crippen molar-refractivity contribution in [1.82, 2.24) is 0 Å². The van der Waals surface area contributed by atoms with E-state index in [4.69, 9.17) is 4.84 Å². The number of hydrogen-bond donors (Lipinski definition) is 0. The van der Waals surface area contributed by atoms with Crippen molar-refractivity contribution in [2.75, 3.05) is 20.1 Å². The summed E-state index contributed by atoms with van der Waals surface area (Å²) < 4.78 is 0.755. The van der Waals surface area contributed by atoms with E-state index in [1.54, 1.807) is 0 Å². The van der Waals surface area contributed by atoms with Gasteiger partial charge in [-0.15, -0.1) is 0 Å². The van der Waals surface area contributed by atoms with Gasteiger partial charge in [0, 0.05) is 0 Å². The molecule has 0 bridgehead atoms. The summed E-state index contributed by atoms with van der Waals surface area (Å²) in [5, 5.41) is 0. The van der Waals surface area contributed by atoms with E-state index >= 15 is 0 Å². The van der Waals surface area contributed by atoms with Crippen LogP contribution in [0.3, 0.4) is 0 Å². The Morgan fingerprint density at radius 3 is 2.17 bits per heavy atom. The summed E-state index contributed by atoms with van der Waals surface area (Å²) in [5.74, 6) is 0. The van der Waals surface area contributed by atoms with Crippen LogP contribution in [0.25, 0.3) is 0 Å². The molecule has 0 radical (unpaired) electrons. The molecule has 0 aliphatic rings. The van der Waals surface area contributed by atoms with Gasteiger partial charge in [-0.05, 0) is 26.7 Å². The average Bonchev–Trinajstić information content (AvgIpc) is 2.05. The van der Waals surface area contributed by atoms with Crippen LogP contribution in [0.15, 0.2) is 0 Å². The lowest BCUT2D eigenvalue weighted by molar-refractivity contribution is -1.09. The quantitative estimate of drug-likeness (QED) is 0.444. The summed E-state index contributed by atoms with van der Waals surface area (Å²) in [7, 11) is 2.16. The van der Waals surface area contributed by atoms with Gasteiger partial charge in [0.15, 0.2) is 0 Å². The predicted molar refractivity (Wildman–Crippen MR) is 52.7 cm³/mol. The molecule has 0 saturated heterocycles. The van der Waals surface area contributed by atoms with E-state index in [0.717, 1.165) is 24.2 Å². The van der Waals surface area contributed by atoms with Gasteiger partial charge >= 0.3 is 0 Å². The van der Waals surface area contributed by atoms with E-state index in [9.17, 15) is 0 Å². The van der Waals surface area contributed by atoms with Gasteiger partial charge in [-0.1, -0.05) is 13.8 Å². The second kappa shape index (κ2) is 5.55. The second-order valence-corrected chi connectivity index (χ2v) is 3.66. The van der Waals surface area contributed by atoms with E-state index in [1.165, 1.54) is 6.42 Å². The minimum atomic E-state index is 0.376. The Kier molecular flexibility index (Phi) is 5.51. The Balaban J connectivity index is 3.94. The van der Waals surface area contributed by atoms with E-state index < -0.39 is 0 Å². The Labute approximate surface area is 77.1 Å². The summed E-state index contributed by atoms with van der Waals surface area (Å²) in [6, 6.07) is 0. The highest BCUT2D eigenvalue weighted by Crippen LogP contribution is 2.10. The second-order valence-electron chi connectivity index (χ2n) is 3.66. The van der Waals surface area contributed by atoms with Crippen molar-refractivity contribution in [1.29, 1.82) is 0 Å². The molecule has 2 unspecified atom stereocenters. The zero-order valence-electron chi connectivity index (χ0n) is 9.26. The number of hydrogen-bond acceptors (Lipinski definition) is 1. The molecule has 12 heavy (non-hydrogen) atoms. The SMILES string of the molecule is CCC[N+](C)(CC)OC(C)CC. The highest BCUT2D eigenvalue weighted by Gasteiger charge is 2.22. The first-order valence-corrected chi connectivity index (χ1v) is 5.10. The van der Waals surface area contributed by atoms with Gasteiger partial charge < -0.3 is 0 Å². The Morgan fingerprint density at radius 2 is 1.83 bits per heavy atom. The largest absolute Gasteiger partial charge is 0.200 e. The van der Waals surface area contributed by atoms with Crippen LogP contribution in [0.1, 0.15) is 40.5 Å². The van der Waals surface area contributed by atoms with Gasteiger partial charge in [0.25, 0.3) is 0 Å². The average molecular weight is 174 g/mol. The number of nitrogens with zero attached hydrogens (tertiary/aromatic N) is 1. The number of rotatable bonds is 6. The monoisotopic (exact) mass is 174 g/mol. The van der Waals surface area contributed by atoms with Gasteiger partial charge in [-0.2, -0.15) is 4.65 Å². The number of hydroxylamine groups is 3. The molecule has 0 N–H and O–H groups in total. The van der Waals surface area contributed by atoms with Gasteiger partial charge in [-0.3, -0.25) is 0 Å². The highest BCUT2D eigenvalue weighted by molar-refractivity contribution is 4.39. The third-order valence-electron chi connectivity index (χ3n) is 2.37. The van der Waals surface area contributed by atoms with Crippen molar-refractivity contribution in [3.8, 4) is 0 Å². The van der Waals surface area contributed by atoms with E-state index in [-0.39, 0.29) is 0 Å². The molecule has 2 atom stereocenters. The molecule has 0 fully saturated rings. The molecule has 0 aliphatic carbocycles.